The number of halogens is 2. The Labute approximate surface area is 201 Å². The summed E-state index contributed by atoms with van der Waals surface area (Å²) >= 11 is -1.61. The first-order valence-electron chi connectivity index (χ1n) is 12.0. The van der Waals surface area contributed by atoms with Crippen LogP contribution in [0.2, 0.25) is 0 Å². The molecule has 30 heavy (non-hydrogen) atoms. The fraction of sp³-hybridized carbons (Fsp3) is 0.692. The van der Waals surface area contributed by atoms with Gasteiger partial charge in [-0.3, -0.25) is 0 Å². The van der Waals surface area contributed by atoms with Crippen molar-refractivity contribution in [2.45, 2.75) is 113 Å². The normalized spacial score (nSPS) is 21.9. The predicted octanol–water partition coefficient (Wildman–Crippen LogP) is 9.41. The van der Waals surface area contributed by atoms with Gasteiger partial charge >= 0.3 is 73.4 Å². The van der Waals surface area contributed by atoms with E-state index in [1.165, 1.54) is 17.0 Å². The summed E-state index contributed by atoms with van der Waals surface area (Å²) in [6, 6.07) is 9.89. The summed E-state index contributed by atoms with van der Waals surface area (Å²) < 4.78 is 1.92. The summed E-state index contributed by atoms with van der Waals surface area (Å²) in [5.74, 6) is 0. The second-order valence-corrected chi connectivity index (χ2v) is 18.4. The molecule has 3 fully saturated rings. The van der Waals surface area contributed by atoms with E-state index >= 15 is 0 Å². The van der Waals surface area contributed by atoms with Gasteiger partial charge in [-0.25, -0.2) is 0 Å². The van der Waals surface area contributed by atoms with E-state index in [2.05, 4.69) is 0 Å². The van der Waals surface area contributed by atoms with Crippen LogP contribution in [0.15, 0.2) is 30.3 Å². The van der Waals surface area contributed by atoms with E-state index in [1.54, 1.807) is 96.3 Å². The minimum absolute atomic E-state index is 0. The maximum atomic E-state index is 5.67. The van der Waals surface area contributed by atoms with Crippen LogP contribution in [-0.2, 0) is 13.5 Å². The molecule has 0 amide bonds. The topological polar surface area (TPSA) is 0 Å². The van der Waals surface area contributed by atoms with E-state index in [0.29, 0.717) is 0 Å². The molecule has 0 spiro atoms. The molecule has 0 radical (unpaired) electrons. The molecule has 0 aliphatic heterocycles. The van der Waals surface area contributed by atoms with Gasteiger partial charge in [-0.2, -0.15) is 0 Å². The van der Waals surface area contributed by atoms with Gasteiger partial charge in [-0.15, -0.1) is 0 Å². The summed E-state index contributed by atoms with van der Waals surface area (Å²) in [5.41, 5.74) is 4.80. The molecular formula is C26H43Cl2PRu. The Morgan fingerprint density at radius 1 is 0.633 bits per heavy atom. The standard InChI is InChI=1S/C18H33P.C7H6.CH3.2ClH.Ru/c1-4-10-16(11-5-1)19(17-12-6-2-7-13-17)18-14-8-3-9-15-18;1-7-5-3-2-4-6-7;;;;/h16-18H,1-15H2;1-6H;1H3;2*1H;/q;;-1;;;+2/p-1. The Morgan fingerprint density at radius 3 is 1.33 bits per heavy atom. The Bertz CT molecular complexity index is 542. The van der Waals surface area contributed by atoms with E-state index < -0.39 is 13.5 Å². The fourth-order valence-electron chi connectivity index (χ4n) is 5.92. The molecule has 4 heteroatoms. The van der Waals surface area contributed by atoms with Gasteiger partial charge in [0.2, 0.25) is 0 Å². The van der Waals surface area contributed by atoms with Crippen molar-refractivity contribution in [1.82, 2.24) is 0 Å². The molecule has 3 saturated carbocycles. The quantitative estimate of drug-likeness (QED) is 0.196. The second-order valence-electron chi connectivity index (χ2n) is 9.22. The summed E-state index contributed by atoms with van der Waals surface area (Å²) in [5, 5.41) is 0. The van der Waals surface area contributed by atoms with Crippen molar-refractivity contribution in [3.63, 3.8) is 0 Å². The first kappa shape index (κ1) is 27.0. The van der Waals surface area contributed by atoms with Crippen molar-refractivity contribution in [2.75, 3.05) is 0 Å². The molecule has 1 aromatic carbocycles. The molecule has 0 atom stereocenters. The van der Waals surface area contributed by atoms with Crippen LogP contribution in [0.5, 0.6) is 0 Å². The van der Waals surface area contributed by atoms with Gasteiger partial charge in [0.05, 0.1) is 17.0 Å². The van der Waals surface area contributed by atoms with E-state index in [0.717, 1.165) is 5.56 Å². The minimum atomic E-state index is -1.61. The van der Waals surface area contributed by atoms with Crippen molar-refractivity contribution >= 4 is 31.9 Å². The van der Waals surface area contributed by atoms with Gasteiger partial charge in [0, 0.05) is 7.92 Å². The number of hydrogen-bond acceptors (Lipinski definition) is 0. The zero-order valence-electron chi connectivity index (χ0n) is 18.9. The van der Waals surface area contributed by atoms with Crippen LogP contribution in [0.25, 0.3) is 0 Å². The molecule has 3 aliphatic carbocycles. The Kier molecular flexibility index (Phi) is 14.0. The van der Waals surface area contributed by atoms with Crippen LogP contribution in [0.4, 0.5) is 0 Å². The molecule has 1 aromatic rings. The maximum absolute atomic E-state index is 5.67. The summed E-state index contributed by atoms with van der Waals surface area (Å²) in [7, 11) is 11.3. The van der Waals surface area contributed by atoms with Gasteiger partial charge < -0.3 is 7.43 Å². The van der Waals surface area contributed by atoms with Crippen LogP contribution in [-0.4, -0.2) is 21.6 Å². The third-order valence-corrected chi connectivity index (χ3v) is 13.7. The molecule has 3 aliphatic rings. The van der Waals surface area contributed by atoms with E-state index in [9.17, 15) is 0 Å². The Morgan fingerprint density at radius 2 is 1.00 bits per heavy atom. The Balaban J connectivity index is 0.000000249. The predicted molar refractivity (Wildman–Crippen MR) is 139 cm³/mol. The summed E-state index contributed by atoms with van der Waals surface area (Å²) in [6.07, 6.45) is 23.8. The van der Waals surface area contributed by atoms with Gasteiger partial charge in [0.25, 0.3) is 0 Å². The fourth-order valence-corrected chi connectivity index (χ4v) is 13.0. The van der Waals surface area contributed by atoms with Crippen LogP contribution < -0.4 is 0 Å². The molecule has 0 bridgehead atoms. The molecule has 174 valence electrons. The van der Waals surface area contributed by atoms with E-state index in [1.807, 2.05) is 34.9 Å². The molecule has 0 N–H and O–H groups in total. The number of rotatable bonds is 4. The third-order valence-electron chi connectivity index (χ3n) is 7.22. The van der Waals surface area contributed by atoms with Crippen molar-refractivity contribution in [3.8, 4) is 0 Å². The molecule has 0 nitrogen and oxygen atoms in total. The Hall–Kier alpha value is 0.723. The van der Waals surface area contributed by atoms with E-state index in [4.69, 9.17) is 19.4 Å². The van der Waals surface area contributed by atoms with Crippen molar-refractivity contribution < 1.29 is 13.5 Å². The molecule has 4 rings (SSSR count). The zero-order chi connectivity index (χ0) is 20.3. The van der Waals surface area contributed by atoms with Crippen molar-refractivity contribution in [1.29, 1.82) is 0 Å². The van der Waals surface area contributed by atoms with Crippen LogP contribution in [0.3, 0.4) is 0 Å². The average Bonchev–Trinajstić information content (AvgIpc) is 2.77. The molecule has 0 saturated heterocycles. The first-order valence-corrected chi connectivity index (χ1v) is 19.2. The van der Waals surface area contributed by atoms with Crippen molar-refractivity contribution in [2.24, 2.45) is 0 Å². The number of hydrogen-bond donors (Lipinski definition) is 0. The summed E-state index contributed by atoms with van der Waals surface area (Å²) in [4.78, 5) is 0. The van der Waals surface area contributed by atoms with E-state index in [-0.39, 0.29) is 15.3 Å². The second kappa shape index (κ2) is 15.5. The number of benzene rings is 1. The van der Waals surface area contributed by atoms with Gasteiger partial charge in [0.1, 0.15) is 0 Å². The molecular weight excluding hydrogens is 515 g/mol. The van der Waals surface area contributed by atoms with Crippen LogP contribution in [0.1, 0.15) is 102 Å². The van der Waals surface area contributed by atoms with Gasteiger partial charge in [0.15, 0.2) is 0 Å². The third kappa shape index (κ3) is 9.30. The molecule has 0 heterocycles. The zero-order valence-corrected chi connectivity index (χ0v) is 23.2. The van der Waals surface area contributed by atoms with Gasteiger partial charge in [-0.1, -0.05) is 19.3 Å². The monoisotopic (exact) mass is 558 g/mol. The SMILES string of the molecule is C1CCC([PH+](C2CCCCC2)C2CCCCC2)CC1.[CH3-].[Cl][Ru]([Cl])=[CH]c1ccccc1. The average molecular weight is 559 g/mol. The van der Waals surface area contributed by atoms with Crippen LogP contribution >= 0.6 is 27.3 Å². The van der Waals surface area contributed by atoms with Crippen molar-refractivity contribution in [3.05, 3.63) is 43.3 Å². The molecule has 0 aromatic heterocycles. The van der Waals surface area contributed by atoms with Gasteiger partial charge in [-0.05, 0) is 77.0 Å². The summed E-state index contributed by atoms with van der Waals surface area (Å²) in [6.45, 7) is 0. The first-order chi connectivity index (χ1) is 14.2. The molecule has 0 unspecified atom stereocenters. The van der Waals surface area contributed by atoms with Crippen LogP contribution in [0, 0.1) is 7.43 Å².